The molecule has 1 aliphatic rings. The normalized spacial score (nSPS) is 14.4. The minimum absolute atomic E-state index is 0.243. The number of para-hydroxylation sites is 1. The van der Waals surface area contributed by atoms with Crippen molar-refractivity contribution < 1.29 is 4.39 Å². The molecule has 0 saturated carbocycles. The van der Waals surface area contributed by atoms with Crippen LogP contribution in [0.5, 0.6) is 0 Å². The minimum atomic E-state index is -0.243. The third kappa shape index (κ3) is 3.39. The Hall–Kier alpha value is -3.11. The fourth-order valence-corrected chi connectivity index (χ4v) is 2.87. The zero-order valence-corrected chi connectivity index (χ0v) is 13.6. The van der Waals surface area contributed by atoms with Gasteiger partial charge in [-0.3, -0.25) is 10.0 Å². The Balaban J connectivity index is 1.72. The molecule has 0 spiro atoms. The van der Waals surface area contributed by atoms with E-state index in [1.54, 1.807) is 12.1 Å². The monoisotopic (exact) mass is 331 g/mol. The van der Waals surface area contributed by atoms with Crippen LogP contribution in [0.1, 0.15) is 5.56 Å². The Bertz CT molecular complexity index is 861. The van der Waals surface area contributed by atoms with Crippen LogP contribution in [0.4, 0.5) is 15.8 Å². The average molecular weight is 331 g/mol. The number of hydrogen-bond acceptors (Lipinski definition) is 3. The number of benzene rings is 3. The molecule has 4 rings (SSSR count). The molecule has 0 amide bonds. The number of nitrogens with one attached hydrogen (secondary N) is 1. The summed E-state index contributed by atoms with van der Waals surface area (Å²) in [6.45, 7) is 0.728. The highest BCUT2D eigenvalue weighted by molar-refractivity contribution is 5.74. The quantitative estimate of drug-likeness (QED) is 0.756. The summed E-state index contributed by atoms with van der Waals surface area (Å²) in [7, 11) is 0. The maximum Gasteiger partial charge on any atom is 0.123 e. The molecule has 124 valence electrons. The van der Waals surface area contributed by atoms with Crippen molar-refractivity contribution in [2.45, 2.75) is 0 Å². The van der Waals surface area contributed by atoms with Gasteiger partial charge in [0.05, 0.1) is 17.9 Å². The number of rotatable bonds is 3. The Morgan fingerprint density at radius 1 is 0.720 bits per heavy atom. The summed E-state index contributed by atoms with van der Waals surface area (Å²) < 4.78 is 13.3. The summed E-state index contributed by atoms with van der Waals surface area (Å²) in [5.41, 5.74) is 7.65. The van der Waals surface area contributed by atoms with Crippen molar-refractivity contribution in [3.8, 4) is 0 Å². The van der Waals surface area contributed by atoms with Gasteiger partial charge in [-0.15, -0.1) is 5.53 Å². The Morgan fingerprint density at radius 3 is 2.04 bits per heavy atom. The first-order valence-electron chi connectivity index (χ1n) is 8.19. The molecular weight excluding hydrogens is 313 g/mol. The maximum absolute atomic E-state index is 13.3. The van der Waals surface area contributed by atoms with Crippen molar-refractivity contribution in [2.75, 3.05) is 16.6 Å². The highest BCUT2D eigenvalue weighted by atomic mass is 19.1. The molecule has 1 aliphatic heterocycles. The molecule has 1 N–H and O–H groups in total. The van der Waals surface area contributed by atoms with Crippen LogP contribution in [-0.4, -0.2) is 6.54 Å². The SMILES string of the molecule is Fc1ccc(N2C=C(c3ccccc3)CN(c3ccccc3)N2)cc1. The molecule has 3 nitrogen and oxygen atoms in total. The third-order valence-corrected chi connectivity index (χ3v) is 4.16. The Kier molecular flexibility index (Phi) is 4.19. The van der Waals surface area contributed by atoms with Gasteiger partial charge in [0.15, 0.2) is 0 Å². The van der Waals surface area contributed by atoms with Gasteiger partial charge < -0.3 is 0 Å². The lowest BCUT2D eigenvalue weighted by Crippen LogP contribution is -2.52. The second kappa shape index (κ2) is 6.79. The summed E-state index contributed by atoms with van der Waals surface area (Å²) in [4.78, 5) is 0. The summed E-state index contributed by atoms with van der Waals surface area (Å²) in [6.07, 6.45) is 2.06. The van der Waals surface area contributed by atoms with Crippen molar-refractivity contribution in [3.63, 3.8) is 0 Å². The second-order valence-electron chi connectivity index (χ2n) is 5.89. The van der Waals surface area contributed by atoms with Crippen LogP contribution in [0.15, 0.2) is 91.1 Å². The number of nitrogens with zero attached hydrogens (tertiary/aromatic N) is 2. The molecule has 0 bridgehead atoms. The van der Waals surface area contributed by atoms with Gasteiger partial charge in [0.25, 0.3) is 0 Å². The molecule has 0 saturated heterocycles. The van der Waals surface area contributed by atoms with E-state index < -0.39 is 0 Å². The molecule has 0 atom stereocenters. The van der Waals surface area contributed by atoms with E-state index in [0.717, 1.165) is 23.5 Å². The molecule has 0 radical (unpaired) electrons. The van der Waals surface area contributed by atoms with Crippen molar-refractivity contribution in [2.24, 2.45) is 0 Å². The van der Waals surface area contributed by atoms with Crippen LogP contribution >= 0.6 is 0 Å². The number of hydrazine groups is 2. The zero-order chi connectivity index (χ0) is 17.1. The predicted molar refractivity (Wildman–Crippen MR) is 100 cm³/mol. The van der Waals surface area contributed by atoms with Gasteiger partial charge in [-0.25, -0.2) is 4.39 Å². The summed E-state index contributed by atoms with van der Waals surface area (Å²) >= 11 is 0. The second-order valence-corrected chi connectivity index (χ2v) is 5.89. The van der Waals surface area contributed by atoms with Crippen molar-refractivity contribution in [1.82, 2.24) is 5.53 Å². The van der Waals surface area contributed by atoms with Gasteiger partial charge in [0, 0.05) is 6.20 Å². The fraction of sp³-hybridized carbons (Fsp3) is 0.0476. The number of anilines is 2. The number of halogens is 1. The van der Waals surface area contributed by atoms with E-state index in [1.807, 2.05) is 41.4 Å². The van der Waals surface area contributed by atoms with Crippen LogP contribution in [-0.2, 0) is 0 Å². The van der Waals surface area contributed by atoms with E-state index in [2.05, 4.69) is 41.0 Å². The lowest BCUT2D eigenvalue weighted by molar-refractivity contribution is 0.623. The molecule has 0 fully saturated rings. The van der Waals surface area contributed by atoms with Gasteiger partial charge >= 0.3 is 0 Å². The van der Waals surface area contributed by atoms with Gasteiger partial charge in [0.2, 0.25) is 0 Å². The smallest absolute Gasteiger partial charge is 0.123 e. The van der Waals surface area contributed by atoms with Gasteiger partial charge in [-0.1, -0.05) is 48.5 Å². The number of hydrogen-bond donors (Lipinski definition) is 1. The summed E-state index contributed by atoms with van der Waals surface area (Å²) in [5.74, 6) is -0.243. The molecular formula is C21H18FN3. The first kappa shape index (κ1) is 15.4. The molecule has 0 aromatic heterocycles. The molecule has 3 aromatic carbocycles. The van der Waals surface area contributed by atoms with Crippen LogP contribution in [0.25, 0.3) is 5.57 Å². The van der Waals surface area contributed by atoms with E-state index in [9.17, 15) is 4.39 Å². The van der Waals surface area contributed by atoms with Crippen LogP contribution in [0.2, 0.25) is 0 Å². The summed E-state index contributed by atoms with van der Waals surface area (Å²) in [6, 6.07) is 26.9. The van der Waals surface area contributed by atoms with Gasteiger partial charge in [-0.05, 0) is 47.5 Å². The van der Waals surface area contributed by atoms with Crippen molar-refractivity contribution in [3.05, 3.63) is 103 Å². The van der Waals surface area contributed by atoms with Crippen molar-refractivity contribution in [1.29, 1.82) is 0 Å². The van der Waals surface area contributed by atoms with Crippen LogP contribution in [0, 0.1) is 5.82 Å². The van der Waals surface area contributed by atoms with E-state index in [0.29, 0.717) is 0 Å². The third-order valence-electron chi connectivity index (χ3n) is 4.16. The highest BCUT2D eigenvalue weighted by Crippen LogP contribution is 2.26. The Labute approximate surface area is 146 Å². The first-order chi connectivity index (χ1) is 12.3. The molecule has 1 heterocycles. The van der Waals surface area contributed by atoms with Crippen molar-refractivity contribution >= 4 is 16.9 Å². The fourth-order valence-electron chi connectivity index (χ4n) is 2.87. The molecule has 0 aliphatic carbocycles. The summed E-state index contributed by atoms with van der Waals surface area (Å²) in [5, 5.41) is 3.99. The van der Waals surface area contributed by atoms with Gasteiger partial charge in [-0.2, -0.15) is 0 Å². The van der Waals surface area contributed by atoms with Crippen LogP contribution in [0.3, 0.4) is 0 Å². The average Bonchev–Trinajstić information content (AvgIpc) is 2.69. The Morgan fingerprint density at radius 2 is 1.36 bits per heavy atom. The van der Waals surface area contributed by atoms with E-state index in [-0.39, 0.29) is 5.82 Å². The van der Waals surface area contributed by atoms with E-state index in [4.69, 9.17) is 0 Å². The largest absolute Gasteiger partial charge is 0.286 e. The highest BCUT2D eigenvalue weighted by Gasteiger charge is 2.20. The molecule has 4 heteroatoms. The molecule has 3 aromatic rings. The maximum atomic E-state index is 13.3. The van der Waals surface area contributed by atoms with E-state index >= 15 is 0 Å². The first-order valence-corrected chi connectivity index (χ1v) is 8.19. The predicted octanol–water partition coefficient (Wildman–Crippen LogP) is 4.61. The zero-order valence-electron chi connectivity index (χ0n) is 13.6. The molecule has 0 unspecified atom stereocenters. The topological polar surface area (TPSA) is 18.5 Å². The molecule has 25 heavy (non-hydrogen) atoms. The standard InChI is InChI=1S/C21H18FN3/c22-19-11-13-21(14-12-19)25-16-18(17-7-3-1-4-8-17)15-24(23-25)20-9-5-2-6-10-20/h1-14,16,23H,15H2. The van der Waals surface area contributed by atoms with Crippen LogP contribution < -0.4 is 15.6 Å². The van der Waals surface area contributed by atoms with Gasteiger partial charge in [0.1, 0.15) is 5.82 Å². The van der Waals surface area contributed by atoms with E-state index in [1.165, 1.54) is 17.7 Å². The lowest BCUT2D eigenvalue weighted by Gasteiger charge is -2.37. The lowest BCUT2D eigenvalue weighted by atomic mass is 10.1. The minimum Gasteiger partial charge on any atom is -0.286 e.